The van der Waals surface area contributed by atoms with Crippen LogP contribution in [0.1, 0.15) is 0 Å². The fourth-order valence-electron chi connectivity index (χ4n) is 1.64. The van der Waals surface area contributed by atoms with Gasteiger partial charge in [-0.05, 0) is 6.07 Å². The van der Waals surface area contributed by atoms with E-state index in [0.717, 1.165) is 20.7 Å². The Morgan fingerprint density at radius 3 is 3.00 bits per heavy atom. The number of hydrogen-bond acceptors (Lipinski definition) is 5. The summed E-state index contributed by atoms with van der Waals surface area (Å²) in [5.74, 6) is 1.21. The first-order valence-electron chi connectivity index (χ1n) is 5.54. The Bertz CT molecular complexity index is 735. The van der Waals surface area contributed by atoms with Crippen molar-refractivity contribution >= 4 is 44.8 Å². The zero-order valence-corrected chi connectivity index (χ0v) is 12.2. The first kappa shape index (κ1) is 12.7. The van der Waals surface area contributed by atoms with Crippen molar-refractivity contribution in [1.82, 2.24) is 10.2 Å². The van der Waals surface area contributed by atoms with Crippen molar-refractivity contribution in [3.63, 3.8) is 0 Å². The molecule has 3 nitrogen and oxygen atoms in total. The third kappa shape index (κ3) is 2.41. The van der Waals surface area contributed by atoms with Crippen molar-refractivity contribution in [2.45, 2.75) is 5.22 Å². The molecule has 0 amide bonds. The Hall–Kier alpha value is -1.30. The van der Waals surface area contributed by atoms with Gasteiger partial charge in [-0.15, -0.1) is 28.1 Å². The minimum Gasteiger partial charge on any atom is -0.410 e. The molecule has 0 N–H and O–H groups in total. The van der Waals surface area contributed by atoms with Crippen molar-refractivity contribution < 1.29 is 4.42 Å². The van der Waals surface area contributed by atoms with Gasteiger partial charge in [0, 0.05) is 15.8 Å². The lowest BCUT2D eigenvalue weighted by Crippen LogP contribution is -1.73. The molecule has 1 aromatic carbocycles. The van der Waals surface area contributed by atoms with Gasteiger partial charge in [0.05, 0.1) is 5.02 Å². The Balaban J connectivity index is 2.01. The fourth-order valence-corrected chi connectivity index (χ4v) is 3.57. The number of rotatable bonds is 4. The third-order valence-electron chi connectivity index (χ3n) is 2.46. The molecule has 0 saturated heterocycles. The molecule has 3 aromatic rings. The van der Waals surface area contributed by atoms with Gasteiger partial charge in [-0.1, -0.05) is 47.6 Å². The average Bonchev–Trinajstić information content (AvgIpc) is 3.02. The second-order valence-electron chi connectivity index (χ2n) is 3.71. The second-order valence-corrected chi connectivity index (χ2v) is 6.12. The highest BCUT2D eigenvalue weighted by molar-refractivity contribution is 7.99. The Kier molecular flexibility index (Phi) is 3.59. The summed E-state index contributed by atoms with van der Waals surface area (Å²) >= 11 is 9.37. The van der Waals surface area contributed by atoms with E-state index in [4.69, 9.17) is 16.0 Å². The van der Waals surface area contributed by atoms with Crippen molar-refractivity contribution in [2.24, 2.45) is 0 Å². The van der Waals surface area contributed by atoms with E-state index in [1.807, 2.05) is 24.3 Å². The van der Waals surface area contributed by atoms with Crippen molar-refractivity contribution in [2.75, 3.05) is 5.75 Å². The zero-order valence-electron chi connectivity index (χ0n) is 9.80. The molecule has 2 heterocycles. The highest BCUT2D eigenvalue weighted by Gasteiger charge is 2.17. The van der Waals surface area contributed by atoms with Crippen LogP contribution in [0, 0.1) is 0 Å². The van der Waals surface area contributed by atoms with E-state index in [1.54, 1.807) is 17.4 Å². The van der Waals surface area contributed by atoms with Crippen molar-refractivity contribution in [3.8, 4) is 10.8 Å². The maximum atomic E-state index is 6.36. The van der Waals surface area contributed by atoms with Crippen LogP contribution < -0.4 is 0 Å². The Labute approximate surface area is 123 Å². The van der Waals surface area contributed by atoms with Crippen LogP contribution in [0.15, 0.2) is 46.6 Å². The SMILES string of the molecule is C=CCSc1nnc(-c2sc3ccccc3c2Cl)o1. The molecule has 0 saturated carbocycles. The van der Waals surface area contributed by atoms with Crippen LogP contribution in [-0.2, 0) is 0 Å². The summed E-state index contributed by atoms with van der Waals surface area (Å²) in [5, 5.41) is 10.3. The summed E-state index contributed by atoms with van der Waals surface area (Å²) in [6.07, 6.45) is 1.79. The van der Waals surface area contributed by atoms with Crippen LogP contribution in [0.25, 0.3) is 20.9 Å². The fraction of sp³-hybridized carbons (Fsp3) is 0.0769. The van der Waals surface area contributed by atoms with Crippen LogP contribution in [0.3, 0.4) is 0 Å². The monoisotopic (exact) mass is 308 g/mol. The van der Waals surface area contributed by atoms with Gasteiger partial charge in [0.1, 0.15) is 4.88 Å². The lowest BCUT2D eigenvalue weighted by atomic mass is 10.2. The van der Waals surface area contributed by atoms with E-state index in [1.165, 1.54) is 11.8 Å². The number of benzene rings is 1. The van der Waals surface area contributed by atoms with Crippen LogP contribution in [0.4, 0.5) is 0 Å². The molecule has 3 rings (SSSR count). The predicted octanol–water partition coefficient (Wildman–Crippen LogP) is 4.88. The molecule has 0 spiro atoms. The van der Waals surface area contributed by atoms with Gasteiger partial charge < -0.3 is 4.42 Å². The maximum Gasteiger partial charge on any atom is 0.277 e. The first-order valence-corrected chi connectivity index (χ1v) is 7.72. The number of halogens is 1. The largest absolute Gasteiger partial charge is 0.410 e. The van der Waals surface area contributed by atoms with Crippen LogP contribution in [0.2, 0.25) is 5.02 Å². The normalized spacial score (nSPS) is 11.0. The molecule has 6 heteroatoms. The van der Waals surface area contributed by atoms with E-state index in [9.17, 15) is 0 Å². The molecule has 0 aliphatic carbocycles. The number of thiophene rings is 1. The van der Waals surface area contributed by atoms with Gasteiger partial charge in [0.2, 0.25) is 0 Å². The van der Waals surface area contributed by atoms with Crippen LogP contribution >= 0.6 is 34.7 Å². The minimum atomic E-state index is 0.470. The molecular formula is C13H9ClN2OS2. The molecule has 0 bridgehead atoms. The van der Waals surface area contributed by atoms with E-state index in [0.29, 0.717) is 16.1 Å². The number of aromatic nitrogens is 2. The standard InChI is InChI=1S/C13H9ClN2OS2/c1-2-7-18-13-16-15-12(17-13)11-10(14)8-5-3-4-6-9(8)19-11/h2-6H,1,7H2. The molecule has 0 radical (unpaired) electrons. The van der Waals surface area contributed by atoms with Gasteiger partial charge in [-0.25, -0.2) is 0 Å². The van der Waals surface area contributed by atoms with Crippen molar-refractivity contribution in [1.29, 1.82) is 0 Å². The minimum absolute atomic E-state index is 0.470. The Morgan fingerprint density at radius 2 is 2.21 bits per heavy atom. The zero-order chi connectivity index (χ0) is 13.2. The molecule has 0 aliphatic heterocycles. The summed E-state index contributed by atoms with van der Waals surface area (Å²) in [7, 11) is 0. The maximum absolute atomic E-state index is 6.36. The summed E-state index contributed by atoms with van der Waals surface area (Å²) < 4.78 is 6.71. The van der Waals surface area contributed by atoms with Crippen LogP contribution in [0.5, 0.6) is 0 Å². The predicted molar refractivity (Wildman–Crippen MR) is 81.0 cm³/mol. The summed E-state index contributed by atoms with van der Waals surface area (Å²) in [6, 6.07) is 7.96. The average molecular weight is 309 g/mol. The van der Waals surface area contributed by atoms with E-state index < -0.39 is 0 Å². The summed E-state index contributed by atoms with van der Waals surface area (Å²) in [5.41, 5.74) is 0. The van der Waals surface area contributed by atoms with E-state index in [-0.39, 0.29) is 0 Å². The van der Waals surface area contributed by atoms with Gasteiger partial charge in [0.25, 0.3) is 11.1 Å². The number of hydrogen-bond donors (Lipinski definition) is 0. The van der Waals surface area contributed by atoms with Gasteiger partial charge in [-0.3, -0.25) is 0 Å². The molecule has 0 unspecified atom stereocenters. The molecule has 0 aliphatic rings. The topological polar surface area (TPSA) is 38.9 Å². The third-order valence-corrected chi connectivity index (χ3v) is 4.94. The van der Waals surface area contributed by atoms with Crippen LogP contribution in [-0.4, -0.2) is 16.0 Å². The van der Waals surface area contributed by atoms with Gasteiger partial charge >= 0.3 is 0 Å². The second kappa shape index (κ2) is 5.36. The quantitative estimate of drug-likeness (QED) is 0.508. The molecule has 0 atom stereocenters. The highest BCUT2D eigenvalue weighted by atomic mass is 35.5. The lowest BCUT2D eigenvalue weighted by Gasteiger charge is -1.90. The Morgan fingerprint density at radius 1 is 1.37 bits per heavy atom. The summed E-state index contributed by atoms with van der Waals surface area (Å²) in [4.78, 5) is 0.820. The molecule has 0 fully saturated rings. The number of nitrogens with zero attached hydrogens (tertiary/aromatic N) is 2. The molecule has 96 valence electrons. The molecular weight excluding hydrogens is 300 g/mol. The van der Waals surface area contributed by atoms with Gasteiger partial charge in [-0.2, -0.15) is 0 Å². The lowest BCUT2D eigenvalue weighted by molar-refractivity contribution is 0.467. The van der Waals surface area contributed by atoms with E-state index in [2.05, 4.69) is 16.8 Å². The smallest absolute Gasteiger partial charge is 0.277 e. The first-order chi connectivity index (χ1) is 9.29. The van der Waals surface area contributed by atoms with Gasteiger partial charge in [0.15, 0.2) is 0 Å². The van der Waals surface area contributed by atoms with E-state index >= 15 is 0 Å². The highest BCUT2D eigenvalue weighted by Crippen LogP contribution is 2.41. The van der Waals surface area contributed by atoms with Crippen molar-refractivity contribution in [3.05, 3.63) is 41.9 Å². The molecule has 2 aromatic heterocycles. The number of thioether (sulfide) groups is 1. The number of fused-ring (bicyclic) bond motifs is 1. The summed E-state index contributed by atoms with van der Waals surface area (Å²) in [6.45, 7) is 3.65. The molecule has 19 heavy (non-hydrogen) atoms.